The molecule has 2 unspecified atom stereocenters. The van der Waals surface area contributed by atoms with Gasteiger partial charge in [-0.1, -0.05) is 36.4 Å². The summed E-state index contributed by atoms with van der Waals surface area (Å²) in [7, 11) is 3.32. The summed E-state index contributed by atoms with van der Waals surface area (Å²) in [6.07, 6.45) is 7.71. The normalized spacial score (nSPS) is 17.2. The van der Waals surface area contributed by atoms with Gasteiger partial charge in [-0.05, 0) is 61.1 Å². The molecule has 0 aromatic heterocycles. The Hall–Kier alpha value is -2.75. The number of carbonyl (C=O) groups is 1. The minimum absolute atomic E-state index is 0.0617. The van der Waals surface area contributed by atoms with Gasteiger partial charge in [0.2, 0.25) is 5.91 Å². The van der Waals surface area contributed by atoms with E-state index in [1.165, 1.54) is 0 Å². The Balaban J connectivity index is 1.78. The highest BCUT2D eigenvalue weighted by Crippen LogP contribution is 2.25. The van der Waals surface area contributed by atoms with E-state index in [0.717, 1.165) is 48.3 Å². The van der Waals surface area contributed by atoms with Crippen molar-refractivity contribution in [3.05, 3.63) is 71.8 Å². The highest BCUT2D eigenvalue weighted by atomic mass is 16.5. The van der Waals surface area contributed by atoms with E-state index in [2.05, 4.69) is 17.5 Å². The van der Waals surface area contributed by atoms with Gasteiger partial charge in [0.1, 0.15) is 11.5 Å². The second-order valence-corrected chi connectivity index (χ2v) is 6.87. The number of amides is 1. The molecular weight excluding hydrogens is 338 g/mol. The molecule has 0 spiro atoms. The van der Waals surface area contributed by atoms with Crippen molar-refractivity contribution in [2.45, 2.75) is 31.7 Å². The molecule has 2 atom stereocenters. The molecule has 0 bridgehead atoms. The van der Waals surface area contributed by atoms with E-state index in [1.807, 2.05) is 48.5 Å². The third kappa shape index (κ3) is 5.13. The van der Waals surface area contributed by atoms with Crippen LogP contribution in [0.2, 0.25) is 0 Å². The maximum Gasteiger partial charge on any atom is 0.223 e. The Morgan fingerprint density at radius 3 is 2.19 bits per heavy atom. The van der Waals surface area contributed by atoms with Gasteiger partial charge in [-0.15, -0.1) is 0 Å². The summed E-state index contributed by atoms with van der Waals surface area (Å²) >= 11 is 0. The quantitative estimate of drug-likeness (QED) is 0.737. The van der Waals surface area contributed by atoms with Gasteiger partial charge in [-0.3, -0.25) is 4.79 Å². The van der Waals surface area contributed by atoms with Crippen LogP contribution >= 0.6 is 0 Å². The van der Waals surface area contributed by atoms with Crippen LogP contribution in [0.4, 0.5) is 0 Å². The predicted molar refractivity (Wildman–Crippen MR) is 107 cm³/mol. The van der Waals surface area contributed by atoms with Gasteiger partial charge in [-0.2, -0.15) is 0 Å². The molecule has 1 N–H and O–H groups in total. The zero-order chi connectivity index (χ0) is 19.1. The number of methoxy groups -OCH3 is 2. The van der Waals surface area contributed by atoms with E-state index in [-0.39, 0.29) is 17.9 Å². The summed E-state index contributed by atoms with van der Waals surface area (Å²) < 4.78 is 10.5. The SMILES string of the molecule is COc1ccc(CC(NC(=O)C2CC=CCC2)c2ccc(OC)cc2)cc1. The molecule has 1 aliphatic carbocycles. The molecule has 3 rings (SSSR count). The van der Waals surface area contributed by atoms with Crippen molar-refractivity contribution >= 4 is 5.91 Å². The molecule has 2 aromatic carbocycles. The lowest BCUT2D eigenvalue weighted by Crippen LogP contribution is -2.35. The minimum atomic E-state index is -0.0808. The number of rotatable bonds is 7. The Labute approximate surface area is 161 Å². The van der Waals surface area contributed by atoms with E-state index in [1.54, 1.807) is 14.2 Å². The summed E-state index contributed by atoms with van der Waals surface area (Å²) in [5.41, 5.74) is 2.23. The van der Waals surface area contributed by atoms with Crippen LogP contribution in [0, 0.1) is 5.92 Å². The summed E-state index contributed by atoms with van der Waals surface area (Å²) in [4.78, 5) is 12.8. The highest BCUT2D eigenvalue weighted by molar-refractivity contribution is 5.79. The average molecular weight is 365 g/mol. The monoisotopic (exact) mass is 365 g/mol. The lowest BCUT2D eigenvalue weighted by Gasteiger charge is -2.24. The number of hydrogen-bond donors (Lipinski definition) is 1. The summed E-state index contributed by atoms with van der Waals surface area (Å²) in [6, 6.07) is 15.8. The molecule has 4 heteroatoms. The highest BCUT2D eigenvalue weighted by Gasteiger charge is 2.23. The standard InChI is InChI=1S/C23H27NO3/c1-26-20-12-8-17(9-13-20)16-22(18-10-14-21(27-2)15-11-18)24-23(25)19-6-4-3-5-7-19/h3-4,8-15,19,22H,5-7,16H2,1-2H3,(H,24,25). The van der Waals surface area contributed by atoms with Crippen LogP contribution < -0.4 is 14.8 Å². The van der Waals surface area contributed by atoms with Crippen LogP contribution in [0.3, 0.4) is 0 Å². The first-order valence-corrected chi connectivity index (χ1v) is 9.42. The summed E-state index contributed by atoms with van der Waals surface area (Å²) in [5, 5.41) is 3.27. The van der Waals surface area contributed by atoms with Gasteiger partial charge in [-0.25, -0.2) is 0 Å². The van der Waals surface area contributed by atoms with Crippen molar-refractivity contribution in [3.8, 4) is 11.5 Å². The fraction of sp³-hybridized carbons (Fsp3) is 0.348. The molecule has 1 amide bonds. The van der Waals surface area contributed by atoms with Crippen molar-refractivity contribution in [3.63, 3.8) is 0 Å². The summed E-state index contributed by atoms with van der Waals surface area (Å²) in [6.45, 7) is 0. The number of hydrogen-bond acceptors (Lipinski definition) is 3. The number of carbonyl (C=O) groups excluding carboxylic acids is 1. The lowest BCUT2D eigenvalue weighted by molar-refractivity contribution is -0.126. The van der Waals surface area contributed by atoms with E-state index >= 15 is 0 Å². The molecule has 0 saturated carbocycles. The molecule has 2 aromatic rings. The average Bonchev–Trinajstić information content (AvgIpc) is 2.74. The van der Waals surface area contributed by atoms with Gasteiger partial charge in [0.15, 0.2) is 0 Å². The third-order valence-corrected chi connectivity index (χ3v) is 5.07. The molecule has 0 fully saturated rings. The second kappa shape index (κ2) is 9.26. The van der Waals surface area contributed by atoms with Crippen molar-refractivity contribution in [2.24, 2.45) is 5.92 Å². The van der Waals surface area contributed by atoms with Crippen molar-refractivity contribution in [2.75, 3.05) is 14.2 Å². The van der Waals surface area contributed by atoms with Gasteiger partial charge < -0.3 is 14.8 Å². The molecular formula is C23H27NO3. The number of allylic oxidation sites excluding steroid dienone is 2. The zero-order valence-electron chi connectivity index (χ0n) is 16.0. The van der Waals surface area contributed by atoms with Crippen molar-refractivity contribution < 1.29 is 14.3 Å². The van der Waals surface area contributed by atoms with E-state index in [0.29, 0.717) is 0 Å². The fourth-order valence-electron chi connectivity index (χ4n) is 3.41. The first kappa shape index (κ1) is 19.0. The Bertz CT molecular complexity index is 765. The molecule has 1 aliphatic rings. The third-order valence-electron chi connectivity index (χ3n) is 5.07. The van der Waals surface area contributed by atoms with Crippen LogP contribution in [0.5, 0.6) is 11.5 Å². The summed E-state index contributed by atoms with van der Waals surface area (Å²) in [5.74, 6) is 1.84. The van der Waals surface area contributed by atoms with Crippen LogP contribution in [0.15, 0.2) is 60.7 Å². The maximum absolute atomic E-state index is 12.8. The van der Waals surface area contributed by atoms with Crippen LogP contribution in [-0.2, 0) is 11.2 Å². The number of ether oxygens (including phenoxy) is 2. The Morgan fingerprint density at radius 1 is 1.00 bits per heavy atom. The molecule has 0 radical (unpaired) electrons. The first-order chi connectivity index (χ1) is 13.2. The Morgan fingerprint density at radius 2 is 1.63 bits per heavy atom. The van der Waals surface area contributed by atoms with Crippen LogP contribution in [0.25, 0.3) is 0 Å². The van der Waals surface area contributed by atoms with Crippen molar-refractivity contribution in [1.29, 1.82) is 0 Å². The van der Waals surface area contributed by atoms with Gasteiger partial charge >= 0.3 is 0 Å². The number of nitrogens with one attached hydrogen (secondary N) is 1. The van der Waals surface area contributed by atoms with E-state index in [9.17, 15) is 4.79 Å². The Kier molecular flexibility index (Phi) is 6.53. The first-order valence-electron chi connectivity index (χ1n) is 9.42. The van der Waals surface area contributed by atoms with Crippen molar-refractivity contribution in [1.82, 2.24) is 5.32 Å². The maximum atomic E-state index is 12.8. The molecule has 142 valence electrons. The van der Waals surface area contributed by atoms with Crippen LogP contribution in [0.1, 0.15) is 36.4 Å². The van der Waals surface area contributed by atoms with Gasteiger partial charge in [0, 0.05) is 5.92 Å². The van der Waals surface area contributed by atoms with Crippen LogP contribution in [-0.4, -0.2) is 20.1 Å². The second-order valence-electron chi connectivity index (χ2n) is 6.87. The number of benzene rings is 2. The zero-order valence-corrected chi connectivity index (χ0v) is 16.0. The fourth-order valence-corrected chi connectivity index (χ4v) is 3.41. The van der Waals surface area contributed by atoms with E-state index < -0.39 is 0 Å². The molecule has 0 aliphatic heterocycles. The lowest BCUT2D eigenvalue weighted by atomic mass is 9.92. The van der Waals surface area contributed by atoms with Gasteiger partial charge in [0.05, 0.1) is 20.3 Å². The molecule has 0 saturated heterocycles. The van der Waals surface area contributed by atoms with E-state index in [4.69, 9.17) is 9.47 Å². The minimum Gasteiger partial charge on any atom is -0.497 e. The smallest absolute Gasteiger partial charge is 0.223 e. The van der Waals surface area contributed by atoms with Gasteiger partial charge in [0.25, 0.3) is 0 Å². The largest absolute Gasteiger partial charge is 0.497 e. The molecule has 0 heterocycles. The topological polar surface area (TPSA) is 47.6 Å². The molecule has 27 heavy (non-hydrogen) atoms. The predicted octanol–water partition coefficient (Wildman–Crippen LogP) is 4.46. The molecule has 4 nitrogen and oxygen atoms in total.